The van der Waals surface area contributed by atoms with Crippen molar-refractivity contribution in [2.75, 3.05) is 18.8 Å². The molecule has 1 spiro atoms. The maximum absolute atomic E-state index is 12.4. The Labute approximate surface area is 122 Å². The van der Waals surface area contributed by atoms with E-state index in [1.54, 1.807) is 13.8 Å². The molecule has 1 atom stereocenters. The minimum atomic E-state index is -3.28. The zero-order chi connectivity index (χ0) is 14.8. The van der Waals surface area contributed by atoms with Gasteiger partial charge < -0.3 is 4.90 Å². The van der Waals surface area contributed by atoms with E-state index in [1.807, 2.05) is 4.90 Å². The number of carbonyl (C=O) groups is 1. The summed E-state index contributed by atoms with van der Waals surface area (Å²) in [6.45, 7) is 4.66. The molecule has 1 aliphatic heterocycles. The van der Waals surface area contributed by atoms with Gasteiger partial charge in [-0.05, 0) is 31.6 Å². The molecule has 0 aromatic heterocycles. The molecular formula is C15H27NO3S. The monoisotopic (exact) mass is 301 g/mol. The molecule has 0 unspecified atom stereocenters. The average Bonchev–Trinajstić information content (AvgIpc) is 2.71. The van der Waals surface area contributed by atoms with Crippen molar-refractivity contribution in [1.82, 2.24) is 4.90 Å². The van der Waals surface area contributed by atoms with Gasteiger partial charge in [0, 0.05) is 18.8 Å². The molecule has 1 saturated carbocycles. The Morgan fingerprint density at radius 3 is 2.30 bits per heavy atom. The van der Waals surface area contributed by atoms with E-state index in [0.29, 0.717) is 0 Å². The van der Waals surface area contributed by atoms with Crippen molar-refractivity contribution in [2.24, 2.45) is 5.41 Å². The number of sulfone groups is 1. The number of amides is 1. The molecule has 2 aliphatic rings. The first-order chi connectivity index (χ1) is 9.40. The minimum absolute atomic E-state index is 0.0406. The second-order valence-corrected chi connectivity index (χ2v) is 9.13. The van der Waals surface area contributed by atoms with Gasteiger partial charge in [0.15, 0.2) is 9.84 Å². The number of hydrogen-bond donors (Lipinski definition) is 0. The molecule has 1 heterocycles. The Bertz CT molecular complexity index is 450. The van der Waals surface area contributed by atoms with Crippen molar-refractivity contribution in [3.05, 3.63) is 0 Å². The molecule has 2 fully saturated rings. The molecule has 0 N–H and O–H groups in total. The smallest absolute Gasteiger partial charge is 0.240 e. The van der Waals surface area contributed by atoms with Crippen molar-refractivity contribution >= 4 is 15.7 Å². The fourth-order valence-electron chi connectivity index (χ4n) is 3.67. The van der Waals surface area contributed by atoms with Crippen LogP contribution in [0.5, 0.6) is 0 Å². The number of carbonyl (C=O) groups excluding carboxylic acids is 1. The summed E-state index contributed by atoms with van der Waals surface area (Å²) < 4.78 is 23.7. The fraction of sp³-hybridized carbons (Fsp3) is 0.933. The summed E-state index contributed by atoms with van der Waals surface area (Å²) in [6.07, 6.45) is 8.57. The van der Waals surface area contributed by atoms with Crippen molar-refractivity contribution < 1.29 is 13.2 Å². The van der Waals surface area contributed by atoms with Gasteiger partial charge in [0.25, 0.3) is 0 Å². The van der Waals surface area contributed by atoms with Gasteiger partial charge in [0.05, 0.1) is 0 Å². The molecule has 1 amide bonds. The Kier molecular flexibility index (Phi) is 4.77. The van der Waals surface area contributed by atoms with E-state index in [-0.39, 0.29) is 17.1 Å². The molecule has 5 heteroatoms. The average molecular weight is 301 g/mol. The van der Waals surface area contributed by atoms with Crippen molar-refractivity contribution in [3.63, 3.8) is 0 Å². The largest absolute Gasteiger partial charge is 0.341 e. The highest BCUT2D eigenvalue weighted by molar-refractivity contribution is 7.92. The molecule has 0 aromatic carbocycles. The summed E-state index contributed by atoms with van der Waals surface area (Å²) in [5, 5.41) is -0.881. The van der Waals surface area contributed by atoms with E-state index in [9.17, 15) is 13.2 Å². The summed E-state index contributed by atoms with van der Waals surface area (Å²) in [4.78, 5) is 14.2. The number of nitrogens with zero attached hydrogens (tertiary/aromatic N) is 1. The summed E-state index contributed by atoms with van der Waals surface area (Å²) in [5.41, 5.74) is 0.280. The van der Waals surface area contributed by atoms with E-state index in [4.69, 9.17) is 0 Å². The lowest BCUT2D eigenvalue weighted by Crippen LogP contribution is -2.41. The van der Waals surface area contributed by atoms with Crippen LogP contribution in [0.15, 0.2) is 0 Å². The molecular weight excluding hydrogens is 274 g/mol. The Morgan fingerprint density at radius 1 is 1.15 bits per heavy atom. The maximum atomic E-state index is 12.4. The first kappa shape index (κ1) is 15.8. The van der Waals surface area contributed by atoms with Crippen LogP contribution in [-0.2, 0) is 14.6 Å². The molecule has 4 nitrogen and oxygen atoms in total. The normalized spacial score (nSPS) is 24.6. The molecule has 116 valence electrons. The van der Waals surface area contributed by atoms with Gasteiger partial charge >= 0.3 is 0 Å². The van der Waals surface area contributed by atoms with Crippen molar-refractivity contribution in [2.45, 2.75) is 64.0 Å². The second-order valence-electron chi connectivity index (χ2n) is 6.52. The van der Waals surface area contributed by atoms with E-state index >= 15 is 0 Å². The van der Waals surface area contributed by atoms with Gasteiger partial charge in [-0.25, -0.2) is 8.42 Å². The third-order valence-electron chi connectivity index (χ3n) is 5.20. The lowest BCUT2D eigenvalue weighted by Gasteiger charge is -2.28. The summed E-state index contributed by atoms with van der Waals surface area (Å²) in [6, 6.07) is 0. The zero-order valence-corrected chi connectivity index (χ0v) is 13.5. The molecule has 0 aromatic rings. The number of rotatable bonds is 3. The van der Waals surface area contributed by atoms with Crippen molar-refractivity contribution in [3.8, 4) is 0 Å². The Morgan fingerprint density at radius 2 is 1.75 bits per heavy atom. The third-order valence-corrected chi connectivity index (χ3v) is 7.29. The van der Waals surface area contributed by atoms with Crippen LogP contribution >= 0.6 is 0 Å². The Balaban J connectivity index is 2.03. The van der Waals surface area contributed by atoms with Gasteiger partial charge in [0.1, 0.15) is 5.25 Å². The lowest BCUT2D eigenvalue weighted by molar-refractivity contribution is -0.129. The highest BCUT2D eigenvalue weighted by Gasteiger charge is 2.42. The topological polar surface area (TPSA) is 54.5 Å². The van der Waals surface area contributed by atoms with Crippen LogP contribution in [-0.4, -0.2) is 43.3 Å². The second kappa shape index (κ2) is 6.04. The van der Waals surface area contributed by atoms with Gasteiger partial charge in [-0.15, -0.1) is 0 Å². The van der Waals surface area contributed by atoms with Crippen LogP contribution in [0, 0.1) is 5.41 Å². The molecule has 1 saturated heterocycles. The Hall–Kier alpha value is -0.580. The van der Waals surface area contributed by atoms with Crippen molar-refractivity contribution in [1.29, 1.82) is 0 Å². The molecule has 1 aliphatic carbocycles. The number of likely N-dealkylation sites (tertiary alicyclic amines) is 1. The van der Waals surface area contributed by atoms with Gasteiger partial charge in [-0.2, -0.15) is 0 Å². The molecule has 2 rings (SSSR count). The zero-order valence-electron chi connectivity index (χ0n) is 12.7. The molecule has 20 heavy (non-hydrogen) atoms. The lowest BCUT2D eigenvalue weighted by atomic mass is 9.80. The van der Waals surface area contributed by atoms with Crippen LogP contribution in [0.4, 0.5) is 0 Å². The molecule has 0 bridgehead atoms. The summed E-state index contributed by atoms with van der Waals surface area (Å²) in [5.74, 6) is -0.146. The maximum Gasteiger partial charge on any atom is 0.240 e. The van der Waals surface area contributed by atoms with Crippen LogP contribution in [0.25, 0.3) is 0 Å². The standard InChI is InChI=1S/C15H27NO3S/c1-3-20(18,19)13(2)14(17)16-11-10-15(12-16)8-6-4-5-7-9-15/h13H,3-12H2,1-2H3/t13-/m0/s1. The van der Waals surface area contributed by atoms with Crippen LogP contribution in [0.3, 0.4) is 0 Å². The predicted molar refractivity (Wildman–Crippen MR) is 80.3 cm³/mol. The van der Waals surface area contributed by atoms with Crippen LogP contribution < -0.4 is 0 Å². The summed E-state index contributed by atoms with van der Waals surface area (Å²) in [7, 11) is -3.28. The van der Waals surface area contributed by atoms with Crippen LogP contribution in [0.2, 0.25) is 0 Å². The SMILES string of the molecule is CCS(=O)(=O)[C@@H](C)C(=O)N1CCC2(CCCCCC2)C1. The predicted octanol–water partition coefficient (Wildman–Crippen LogP) is 2.38. The molecule has 0 radical (unpaired) electrons. The highest BCUT2D eigenvalue weighted by Crippen LogP contribution is 2.42. The van der Waals surface area contributed by atoms with E-state index < -0.39 is 15.1 Å². The number of hydrogen-bond acceptors (Lipinski definition) is 3. The van der Waals surface area contributed by atoms with E-state index in [0.717, 1.165) is 19.5 Å². The van der Waals surface area contributed by atoms with E-state index in [1.165, 1.54) is 38.5 Å². The third kappa shape index (κ3) is 3.18. The van der Waals surface area contributed by atoms with E-state index in [2.05, 4.69) is 0 Å². The van der Waals surface area contributed by atoms with Gasteiger partial charge in [0.2, 0.25) is 5.91 Å². The van der Waals surface area contributed by atoms with Gasteiger partial charge in [-0.1, -0.05) is 32.6 Å². The first-order valence-electron chi connectivity index (χ1n) is 7.91. The van der Waals surface area contributed by atoms with Crippen LogP contribution in [0.1, 0.15) is 58.8 Å². The highest BCUT2D eigenvalue weighted by atomic mass is 32.2. The summed E-state index contributed by atoms with van der Waals surface area (Å²) >= 11 is 0. The fourth-order valence-corrected chi connectivity index (χ4v) is 4.63. The minimum Gasteiger partial charge on any atom is -0.341 e. The quantitative estimate of drug-likeness (QED) is 0.804. The first-order valence-corrected chi connectivity index (χ1v) is 9.62. The van der Waals surface area contributed by atoms with Gasteiger partial charge in [-0.3, -0.25) is 4.79 Å².